The molecule has 1 aliphatic heterocycles. The molecule has 2 aromatic rings. The fourth-order valence-corrected chi connectivity index (χ4v) is 4.52. The number of benzene rings is 2. The lowest BCUT2D eigenvalue weighted by molar-refractivity contribution is 0.148. The van der Waals surface area contributed by atoms with Gasteiger partial charge in [0.15, 0.2) is 0 Å². The van der Waals surface area contributed by atoms with Crippen molar-refractivity contribution in [3.63, 3.8) is 0 Å². The van der Waals surface area contributed by atoms with Gasteiger partial charge in [0.25, 0.3) is 6.43 Å². The summed E-state index contributed by atoms with van der Waals surface area (Å²) in [5.74, 6) is 0. The largest absolute Gasteiger partial charge is 0.369 e. The second-order valence-corrected chi connectivity index (χ2v) is 8.04. The van der Waals surface area contributed by atoms with E-state index in [-0.39, 0.29) is 15.5 Å². The van der Waals surface area contributed by atoms with Gasteiger partial charge in [-0.25, -0.2) is 17.2 Å². The molecule has 1 saturated heterocycles. The summed E-state index contributed by atoms with van der Waals surface area (Å²) in [4.78, 5) is 1.37. The molecule has 1 fully saturated rings. The van der Waals surface area contributed by atoms with Crippen LogP contribution in [0.15, 0.2) is 52.3 Å². The third-order valence-corrected chi connectivity index (χ3v) is 6.21. The number of nitrogens with zero attached hydrogens (tertiary/aromatic N) is 1. The van der Waals surface area contributed by atoms with Gasteiger partial charge in [0, 0.05) is 36.9 Å². The molecule has 0 amide bonds. The highest BCUT2D eigenvalue weighted by atomic mass is 35.5. The molecule has 25 heavy (non-hydrogen) atoms. The van der Waals surface area contributed by atoms with Crippen molar-refractivity contribution in [2.75, 3.05) is 31.1 Å². The maximum atomic E-state index is 13.8. The van der Waals surface area contributed by atoms with Crippen molar-refractivity contribution in [3.05, 3.63) is 53.1 Å². The number of rotatable bonds is 4. The highest BCUT2D eigenvalue weighted by molar-refractivity contribution is 7.91. The van der Waals surface area contributed by atoms with Crippen molar-refractivity contribution >= 4 is 27.1 Å². The number of piperazine rings is 1. The summed E-state index contributed by atoms with van der Waals surface area (Å²) < 4.78 is 53.4. The minimum atomic E-state index is -4.07. The monoisotopic (exact) mass is 386 g/mol. The Morgan fingerprint density at radius 3 is 2.28 bits per heavy atom. The van der Waals surface area contributed by atoms with Crippen LogP contribution in [-0.2, 0) is 9.84 Å². The number of halogens is 3. The first-order valence-electron chi connectivity index (χ1n) is 7.78. The maximum Gasteiger partial charge on any atom is 0.267 e. The van der Waals surface area contributed by atoms with E-state index in [1.54, 1.807) is 11.0 Å². The van der Waals surface area contributed by atoms with Gasteiger partial charge < -0.3 is 10.2 Å². The third-order valence-electron chi connectivity index (χ3n) is 4.13. The van der Waals surface area contributed by atoms with Crippen LogP contribution >= 0.6 is 11.6 Å². The van der Waals surface area contributed by atoms with E-state index in [2.05, 4.69) is 5.32 Å². The minimum absolute atomic E-state index is 0.0590. The predicted molar refractivity (Wildman–Crippen MR) is 93.4 cm³/mol. The Morgan fingerprint density at radius 2 is 1.68 bits per heavy atom. The summed E-state index contributed by atoms with van der Waals surface area (Å²) >= 11 is 5.79. The molecule has 0 unspecified atom stereocenters. The van der Waals surface area contributed by atoms with Gasteiger partial charge in [-0.1, -0.05) is 17.7 Å². The van der Waals surface area contributed by atoms with Crippen LogP contribution in [0.3, 0.4) is 0 Å². The van der Waals surface area contributed by atoms with Crippen molar-refractivity contribution < 1.29 is 17.2 Å². The van der Waals surface area contributed by atoms with Crippen LogP contribution in [0.25, 0.3) is 0 Å². The molecule has 1 N–H and O–H groups in total. The molecule has 0 spiro atoms. The van der Waals surface area contributed by atoms with Crippen LogP contribution in [0.2, 0.25) is 5.02 Å². The second kappa shape index (κ2) is 7.27. The Labute approximate surface area is 150 Å². The minimum Gasteiger partial charge on any atom is -0.369 e. The summed E-state index contributed by atoms with van der Waals surface area (Å²) in [5, 5.41) is 3.53. The van der Waals surface area contributed by atoms with E-state index >= 15 is 0 Å². The zero-order valence-corrected chi connectivity index (χ0v) is 14.8. The Kier molecular flexibility index (Phi) is 5.27. The van der Waals surface area contributed by atoms with Crippen molar-refractivity contribution in [1.29, 1.82) is 0 Å². The molecule has 4 nitrogen and oxygen atoms in total. The van der Waals surface area contributed by atoms with Gasteiger partial charge in [-0.2, -0.15) is 0 Å². The van der Waals surface area contributed by atoms with Crippen LogP contribution in [0.1, 0.15) is 12.0 Å². The standard InChI is InChI=1S/C17H17ClF2N2O2S/c18-12-4-6-13(7-5-12)25(23,24)15-3-1-2-14(16(15)17(19)20)22-10-8-21-9-11-22/h1-7,17,21H,8-11H2. The second-order valence-electron chi connectivity index (χ2n) is 5.68. The molecular weight excluding hydrogens is 370 g/mol. The molecule has 0 aromatic heterocycles. The van der Waals surface area contributed by atoms with Crippen molar-refractivity contribution in [1.82, 2.24) is 5.32 Å². The molecular formula is C17H17ClF2N2O2S. The van der Waals surface area contributed by atoms with Crippen molar-refractivity contribution in [2.45, 2.75) is 16.2 Å². The number of nitrogens with one attached hydrogen (secondary N) is 1. The Morgan fingerprint density at radius 1 is 1.04 bits per heavy atom. The van der Waals surface area contributed by atoms with E-state index in [9.17, 15) is 17.2 Å². The normalized spacial score (nSPS) is 15.6. The molecule has 8 heteroatoms. The number of hydrogen-bond donors (Lipinski definition) is 1. The predicted octanol–water partition coefficient (Wildman–Crippen LogP) is 3.52. The summed E-state index contributed by atoms with van der Waals surface area (Å²) in [6.07, 6.45) is -2.90. The molecule has 1 heterocycles. The van der Waals surface area contributed by atoms with E-state index in [4.69, 9.17) is 11.6 Å². The number of sulfone groups is 1. The van der Waals surface area contributed by atoms with E-state index in [1.807, 2.05) is 0 Å². The molecule has 0 radical (unpaired) electrons. The van der Waals surface area contributed by atoms with Crippen LogP contribution < -0.4 is 10.2 Å². The van der Waals surface area contributed by atoms with E-state index in [0.29, 0.717) is 31.2 Å². The fourth-order valence-electron chi connectivity index (χ4n) is 2.91. The van der Waals surface area contributed by atoms with Crippen LogP contribution in [0.4, 0.5) is 14.5 Å². The maximum absolute atomic E-state index is 13.8. The highest BCUT2D eigenvalue weighted by Gasteiger charge is 2.29. The summed E-state index contributed by atoms with van der Waals surface area (Å²) in [7, 11) is -4.07. The smallest absolute Gasteiger partial charge is 0.267 e. The van der Waals surface area contributed by atoms with Gasteiger partial charge in [0.1, 0.15) is 0 Å². The SMILES string of the molecule is O=S(=O)(c1ccc(Cl)cc1)c1cccc(N2CCNCC2)c1C(F)F. The fraction of sp³-hybridized carbons (Fsp3) is 0.294. The van der Waals surface area contributed by atoms with E-state index < -0.39 is 21.8 Å². The summed E-state index contributed by atoms with van der Waals surface area (Å²) in [5.41, 5.74) is -0.175. The van der Waals surface area contributed by atoms with E-state index in [1.165, 1.54) is 36.4 Å². The lowest BCUT2D eigenvalue weighted by atomic mass is 10.1. The average molecular weight is 387 g/mol. The summed E-state index contributed by atoms with van der Waals surface area (Å²) in [6.45, 7) is 2.42. The first-order valence-corrected chi connectivity index (χ1v) is 9.65. The number of hydrogen-bond acceptors (Lipinski definition) is 4. The van der Waals surface area contributed by atoms with Crippen LogP contribution in [0, 0.1) is 0 Å². The molecule has 0 saturated carbocycles. The average Bonchev–Trinajstić information content (AvgIpc) is 2.62. The molecule has 134 valence electrons. The van der Waals surface area contributed by atoms with Crippen LogP contribution in [-0.4, -0.2) is 34.6 Å². The Balaban J connectivity index is 2.13. The quantitative estimate of drug-likeness (QED) is 0.873. The lowest BCUT2D eigenvalue weighted by Crippen LogP contribution is -2.44. The third kappa shape index (κ3) is 3.63. The topological polar surface area (TPSA) is 49.4 Å². The molecule has 0 bridgehead atoms. The van der Waals surface area contributed by atoms with Gasteiger partial charge in [0.2, 0.25) is 9.84 Å². The van der Waals surface area contributed by atoms with Gasteiger partial charge in [0.05, 0.1) is 15.4 Å². The molecule has 1 aliphatic rings. The summed E-state index contributed by atoms with van der Waals surface area (Å²) in [6, 6.07) is 9.79. The van der Waals surface area contributed by atoms with Crippen LogP contribution in [0.5, 0.6) is 0 Å². The van der Waals surface area contributed by atoms with Crippen molar-refractivity contribution in [3.8, 4) is 0 Å². The first-order chi connectivity index (χ1) is 11.9. The first kappa shape index (κ1) is 18.1. The van der Waals surface area contributed by atoms with Crippen molar-refractivity contribution in [2.24, 2.45) is 0 Å². The van der Waals surface area contributed by atoms with Gasteiger partial charge in [-0.3, -0.25) is 0 Å². The zero-order valence-electron chi connectivity index (χ0n) is 13.3. The molecule has 0 aliphatic carbocycles. The molecule has 0 atom stereocenters. The zero-order chi connectivity index (χ0) is 18.0. The highest BCUT2D eigenvalue weighted by Crippen LogP contribution is 2.37. The van der Waals surface area contributed by atoms with Gasteiger partial charge in [-0.15, -0.1) is 0 Å². The Bertz CT molecular complexity index is 851. The van der Waals surface area contributed by atoms with Gasteiger partial charge in [-0.05, 0) is 36.4 Å². The lowest BCUT2D eigenvalue weighted by Gasteiger charge is -2.31. The number of alkyl halides is 2. The molecule has 3 rings (SSSR count). The Hall–Kier alpha value is -1.70. The molecule has 2 aromatic carbocycles. The van der Waals surface area contributed by atoms with Gasteiger partial charge >= 0.3 is 0 Å². The number of anilines is 1. The van der Waals surface area contributed by atoms with E-state index in [0.717, 1.165) is 0 Å².